The highest BCUT2D eigenvalue weighted by molar-refractivity contribution is 5.96. The van der Waals surface area contributed by atoms with E-state index in [0.717, 1.165) is 5.56 Å². The number of hydrogen-bond donors (Lipinski definition) is 1. The van der Waals surface area contributed by atoms with E-state index < -0.39 is 18.6 Å². The molecule has 1 aliphatic rings. The van der Waals surface area contributed by atoms with Crippen molar-refractivity contribution < 1.29 is 23.0 Å². The molecule has 1 fully saturated rings. The zero-order chi connectivity index (χ0) is 27.9. The second-order valence-electron chi connectivity index (χ2n) is 9.47. The third-order valence-corrected chi connectivity index (χ3v) is 6.58. The van der Waals surface area contributed by atoms with Crippen molar-refractivity contribution in [2.24, 2.45) is 0 Å². The van der Waals surface area contributed by atoms with Gasteiger partial charge < -0.3 is 24.4 Å². The maximum Gasteiger partial charge on any atom is 0.296 e. The molecule has 0 aliphatic carbocycles. The smallest absolute Gasteiger partial charge is 0.296 e. The summed E-state index contributed by atoms with van der Waals surface area (Å²) in [6, 6.07) is 7.14. The summed E-state index contributed by atoms with van der Waals surface area (Å²) in [6.07, 6.45) is 4.59. The topological polar surface area (TPSA) is 125 Å². The first-order chi connectivity index (χ1) is 19.3. The number of anilines is 2. The second-order valence-corrected chi connectivity index (χ2v) is 9.47. The van der Waals surface area contributed by atoms with E-state index in [-0.39, 0.29) is 18.1 Å². The summed E-state index contributed by atoms with van der Waals surface area (Å²) in [5.41, 5.74) is 2.51. The number of benzene rings is 1. The Kier molecular flexibility index (Phi) is 6.46. The van der Waals surface area contributed by atoms with Crippen molar-refractivity contribution >= 4 is 28.1 Å². The lowest BCUT2D eigenvalue weighted by molar-refractivity contribution is -0.135. The van der Waals surface area contributed by atoms with Gasteiger partial charge in [0, 0.05) is 24.7 Å². The van der Waals surface area contributed by atoms with E-state index in [1.807, 2.05) is 13.0 Å². The molecule has 4 aromatic heterocycles. The van der Waals surface area contributed by atoms with Crippen LogP contribution < -0.4 is 19.5 Å². The molecule has 12 nitrogen and oxygen atoms in total. The van der Waals surface area contributed by atoms with Crippen LogP contribution in [0.25, 0.3) is 16.6 Å². The molecule has 0 radical (unpaired) electrons. The highest BCUT2D eigenvalue weighted by Crippen LogP contribution is 2.41. The molecule has 14 heteroatoms. The van der Waals surface area contributed by atoms with Gasteiger partial charge in [-0.1, -0.05) is 0 Å². The molecule has 0 spiro atoms. The predicted molar refractivity (Wildman–Crippen MR) is 141 cm³/mol. The van der Waals surface area contributed by atoms with Crippen LogP contribution in [0.2, 0.25) is 0 Å². The Morgan fingerprint density at radius 3 is 2.75 bits per heavy atom. The Morgan fingerprint density at radius 1 is 1.07 bits per heavy atom. The van der Waals surface area contributed by atoms with Gasteiger partial charge in [0.15, 0.2) is 17.5 Å². The van der Waals surface area contributed by atoms with Crippen LogP contribution in [-0.2, 0) is 0 Å². The molecule has 6 rings (SSSR count). The largest absolute Gasteiger partial charge is 0.478 e. The van der Waals surface area contributed by atoms with Gasteiger partial charge >= 0.3 is 0 Å². The van der Waals surface area contributed by atoms with Gasteiger partial charge in [-0.25, -0.2) is 38.2 Å². The van der Waals surface area contributed by atoms with Crippen molar-refractivity contribution in [1.29, 1.82) is 0 Å². The lowest BCUT2D eigenvalue weighted by atomic mass is 10.0. The van der Waals surface area contributed by atoms with E-state index in [0.29, 0.717) is 46.2 Å². The van der Waals surface area contributed by atoms with Gasteiger partial charge in [-0.15, -0.1) is 0 Å². The van der Waals surface area contributed by atoms with Gasteiger partial charge in [0.1, 0.15) is 30.5 Å². The first-order valence-electron chi connectivity index (χ1n) is 12.4. The fraction of sp³-hybridized carbons (Fsp3) is 0.308. The average Bonchev–Trinajstić information content (AvgIpc) is 3.39. The molecule has 1 saturated heterocycles. The maximum atomic E-state index is 14.9. The van der Waals surface area contributed by atoms with Crippen molar-refractivity contribution in [3.63, 3.8) is 0 Å². The van der Waals surface area contributed by atoms with Gasteiger partial charge in [0.25, 0.3) is 11.8 Å². The molecule has 206 valence electrons. The molecule has 5 aromatic rings. The SMILES string of the molecule is COc1ncc2ncnc(Nc3ccc(Oc4cc5ncnn5cn4)c(C)c3)c2c1O[C@@H]1CCN(C)CC1(F)F. The molecule has 1 N–H and O–H groups in total. The Morgan fingerprint density at radius 2 is 1.95 bits per heavy atom. The molecule has 0 amide bonds. The van der Waals surface area contributed by atoms with E-state index in [4.69, 9.17) is 14.2 Å². The number of piperidine rings is 1. The van der Waals surface area contributed by atoms with E-state index in [1.165, 1.54) is 36.8 Å². The highest BCUT2D eigenvalue weighted by atomic mass is 19.3. The number of aromatic nitrogens is 7. The Balaban J connectivity index is 1.31. The highest BCUT2D eigenvalue weighted by Gasteiger charge is 2.46. The molecule has 0 bridgehead atoms. The summed E-state index contributed by atoms with van der Waals surface area (Å²) >= 11 is 0. The van der Waals surface area contributed by atoms with Crippen LogP contribution >= 0.6 is 0 Å². The predicted octanol–water partition coefficient (Wildman–Crippen LogP) is 4.03. The summed E-state index contributed by atoms with van der Waals surface area (Å²) in [5, 5.41) is 7.66. The van der Waals surface area contributed by atoms with Crippen molar-refractivity contribution in [2.75, 3.05) is 32.6 Å². The first-order valence-corrected chi connectivity index (χ1v) is 12.4. The number of halogens is 2. The number of pyridine rings is 1. The van der Waals surface area contributed by atoms with Gasteiger partial charge in [0.05, 0.1) is 30.8 Å². The van der Waals surface area contributed by atoms with Crippen LogP contribution in [0.1, 0.15) is 12.0 Å². The van der Waals surface area contributed by atoms with Gasteiger partial charge in [-0.05, 0) is 37.7 Å². The third kappa shape index (κ3) is 4.88. The van der Waals surface area contributed by atoms with Crippen molar-refractivity contribution in [3.05, 3.63) is 55.0 Å². The van der Waals surface area contributed by atoms with Gasteiger partial charge in [-0.3, -0.25) is 0 Å². The number of aryl methyl sites for hydroxylation is 1. The van der Waals surface area contributed by atoms with E-state index >= 15 is 0 Å². The fourth-order valence-corrected chi connectivity index (χ4v) is 4.59. The number of nitrogens with one attached hydrogen (secondary N) is 1. The maximum absolute atomic E-state index is 14.9. The van der Waals surface area contributed by atoms with Crippen LogP contribution in [0.4, 0.5) is 20.3 Å². The molecular formula is C26H25F2N9O3. The van der Waals surface area contributed by atoms with E-state index in [1.54, 1.807) is 30.1 Å². The lowest BCUT2D eigenvalue weighted by Crippen LogP contribution is -2.52. The number of ether oxygens (including phenoxy) is 3. The zero-order valence-electron chi connectivity index (χ0n) is 21.9. The number of nitrogens with zero attached hydrogens (tertiary/aromatic N) is 8. The summed E-state index contributed by atoms with van der Waals surface area (Å²) < 4.78 is 48.6. The Hall–Kier alpha value is -4.72. The summed E-state index contributed by atoms with van der Waals surface area (Å²) in [6.45, 7) is 1.95. The molecular weight excluding hydrogens is 524 g/mol. The van der Waals surface area contributed by atoms with Gasteiger partial charge in [-0.2, -0.15) is 5.10 Å². The summed E-state index contributed by atoms with van der Waals surface area (Å²) in [4.78, 5) is 22.9. The molecule has 1 aliphatic heterocycles. The normalized spacial score (nSPS) is 17.2. The number of rotatable bonds is 7. The Labute approximate surface area is 227 Å². The molecule has 0 saturated carbocycles. The standard InChI is InChI=1S/C26H25F2N9O3/c1-15-8-16(4-5-18(15)39-21-9-20-31-13-34-37(20)14-33-21)35-24-22-17(30-12-32-24)10-29-25(38-3)23(22)40-19-6-7-36(2)11-26(19,27)28/h4-5,8-10,12-14,19H,6-7,11H2,1-3H3,(H,30,32,35)/t19-/m1/s1. The lowest BCUT2D eigenvalue weighted by Gasteiger charge is -2.36. The van der Waals surface area contributed by atoms with Crippen molar-refractivity contribution in [2.45, 2.75) is 25.4 Å². The number of hydrogen-bond acceptors (Lipinski definition) is 11. The number of fused-ring (bicyclic) bond motifs is 2. The summed E-state index contributed by atoms with van der Waals surface area (Å²) in [5.74, 6) is -1.62. The average molecular weight is 550 g/mol. The molecule has 40 heavy (non-hydrogen) atoms. The summed E-state index contributed by atoms with van der Waals surface area (Å²) in [7, 11) is 3.06. The van der Waals surface area contributed by atoms with Crippen molar-refractivity contribution in [3.8, 4) is 23.3 Å². The molecule has 0 unspecified atom stereocenters. The third-order valence-electron chi connectivity index (χ3n) is 6.58. The molecule has 1 atom stereocenters. The zero-order valence-corrected chi connectivity index (χ0v) is 21.9. The van der Waals surface area contributed by atoms with Crippen LogP contribution in [0, 0.1) is 6.92 Å². The molecule has 1 aromatic carbocycles. The fourth-order valence-electron chi connectivity index (χ4n) is 4.59. The van der Waals surface area contributed by atoms with Crippen LogP contribution in [0.15, 0.2) is 49.4 Å². The molecule has 5 heterocycles. The number of methoxy groups -OCH3 is 1. The van der Waals surface area contributed by atoms with Crippen LogP contribution in [-0.4, -0.2) is 78.7 Å². The quantitative estimate of drug-likeness (QED) is 0.316. The Bertz CT molecular complexity index is 1700. The van der Waals surface area contributed by atoms with Crippen LogP contribution in [0.3, 0.4) is 0 Å². The second kappa shape index (κ2) is 10.1. The minimum absolute atomic E-state index is 0.0592. The number of likely N-dealkylation sites (tertiary alicyclic amines) is 1. The minimum atomic E-state index is -3.07. The van der Waals surface area contributed by atoms with E-state index in [2.05, 4.69) is 35.3 Å². The number of alkyl halides is 2. The monoisotopic (exact) mass is 549 g/mol. The van der Waals surface area contributed by atoms with Crippen LogP contribution in [0.5, 0.6) is 23.3 Å². The van der Waals surface area contributed by atoms with Crippen molar-refractivity contribution in [1.82, 2.24) is 39.4 Å². The first kappa shape index (κ1) is 25.6. The van der Waals surface area contributed by atoms with E-state index in [9.17, 15) is 8.78 Å². The minimum Gasteiger partial charge on any atom is -0.478 e. The van der Waals surface area contributed by atoms with Gasteiger partial charge in [0.2, 0.25) is 5.88 Å².